The molecule has 0 amide bonds. The van der Waals surface area contributed by atoms with Crippen molar-refractivity contribution in [3.05, 3.63) is 27.7 Å². The number of piperidine rings is 1. The first-order valence-electron chi connectivity index (χ1n) is 6.62. The minimum absolute atomic E-state index is 0.0956. The highest BCUT2D eigenvalue weighted by molar-refractivity contribution is 9.10. The summed E-state index contributed by atoms with van der Waals surface area (Å²) >= 11 is 3.43. The number of sulfonamides is 1. The number of hydrogen-bond donors (Lipinski definition) is 0. The number of aryl methyl sites for hydroxylation is 2. The van der Waals surface area contributed by atoms with Gasteiger partial charge in [0.2, 0.25) is 10.0 Å². The summed E-state index contributed by atoms with van der Waals surface area (Å²) in [5.74, 6) is 0. The van der Waals surface area contributed by atoms with Crippen molar-refractivity contribution in [3.8, 4) is 0 Å². The van der Waals surface area contributed by atoms with Gasteiger partial charge in [-0.3, -0.25) is 0 Å². The average molecular weight is 346 g/mol. The second kappa shape index (κ2) is 5.54. The third kappa shape index (κ3) is 2.88. The topological polar surface area (TPSA) is 37.4 Å². The molecule has 0 unspecified atom stereocenters. The Bertz CT molecular complexity index is 583. The van der Waals surface area contributed by atoms with E-state index in [9.17, 15) is 8.42 Å². The monoisotopic (exact) mass is 345 g/mol. The van der Waals surface area contributed by atoms with E-state index in [4.69, 9.17) is 0 Å². The van der Waals surface area contributed by atoms with Gasteiger partial charge < -0.3 is 0 Å². The molecule has 3 nitrogen and oxygen atoms in total. The van der Waals surface area contributed by atoms with E-state index in [1.54, 1.807) is 10.4 Å². The predicted molar refractivity (Wildman–Crippen MR) is 80.8 cm³/mol. The molecule has 1 saturated heterocycles. The second-order valence-electron chi connectivity index (χ2n) is 5.33. The number of nitrogens with zero attached hydrogens (tertiary/aromatic N) is 1. The van der Waals surface area contributed by atoms with E-state index in [1.807, 2.05) is 26.8 Å². The van der Waals surface area contributed by atoms with Gasteiger partial charge in [0.05, 0.1) is 4.90 Å². The Labute approximate surface area is 124 Å². The molecule has 1 aromatic rings. The van der Waals surface area contributed by atoms with Crippen molar-refractivity contribution < 1.29 is 8.42 Å². The fourth-order valence-corrected chi connectivity index (χ4v) is 5.07. The molecule has 1 aliphatic rings. The number of rotatable bonds is 2. The molecule has 0 saturated carbocycles. The van der Waals surface area contributed by atoms with Gasteiger partial charge >= 0.3 is 0 Å². The lowest BCUT2D eigenvalue weighted by molar-refractivity contribution is 0.268. The van der Waals surface area contributed by atoms with E-state index in [0.717, 1.165) is 34.9 Å². The van der Waals surface area contributed by atoms with Gasteiger partial charge in [0.15, 0.2) is 0 Å². The van der Waals surface area contributed by atoms with Crippen molar-refractivity contribution in [2.24, 2.45) is 0 Å². The second-order valence-corrected chi connectivity index (χ2v) is 8.04. The normalized spacial score (nSPS) is 21.6. The molecular formula is C14H20BrNO2S. The van der Waals surface area contributed by atoms with Crippen LogP contribution < -0.4 is 0 Å². The summed E-state index contributed by atoms with van der Waals surface area (Å²) in [4.78, 5) is 0.429. The van der Waals surface area contributed by atoms with Crippen molar-refractivity contribution in [1.29, 1.82) is 0 Å². The minimum atomic E-state index is -3.38. The summed E-state index contributed by atoms with van der Waals surface area (Å²) in [7, 11) is -3.38. The summed E-state index contributed by atoms with van der Waals surface area (Å²) in [5.41, 5.74) is 1.88. The quantitative estimate of drug-likeness (QED) is 0.820. The Hall–Kier alpha value is -0.390. The summed E-state index contributed by atoms with van der Waals surface area (Å²) in [6, 6.07) is 3.76. The van der Waals surface area contributed by atoms with Crippen LogP contribution in [0.3, 0.4) is 0 Å². The van der Waals surface area contributed by atoms with E-state index in [2.05, 4.69) is 15.9 Å². The molecule has 0 aliphatic carbocycles. The number of halogens is 1. The minimum Gasteiger partial charge on any atom is -0.207 e. The lowest BCUT2D eigenvalue weighted by Crippen LogP contribution is -2.42. The Morgan fingerprint density at radius 2 is 1.89 bits per heavy atom. The third-order valence-corrected chi connectivity index (χ3v) is 6.79. The first-order valence-corrected chi connectivity index (χ1v) is 8.86. The van der Waals surface area contributed by atoms with Gasteiger partial charge in [-0.2, -0.15) is 4.31 Å². The van der Waals surface area contributed by atoms with Gasteiger partial charge in [-0.05, 0) is 50.8 Å². The van der Waals surface area contributed by atoms with Crippen LogP contribution in [0.5, 0.6) is 0 Å². The molecule has 0 bridgehead atoms. The van der Waals surface area contributed by atoms with Crippen molar-refractivity contribution in [2.45, 2.75) is 51.0 Å². The van der Waals surface area contributed by atoms with Crippen LogP contribution in [0.4, 0.5) is 0 Å². The van der Waals surface area contributed by atoms with Gasteiger partial charge in [0.25, 0.3) is 0 Å². The molecule has 1 aromatic carbocycles. The highest BCUT2D eigenvalue weighted by Gasteiger charge is 2.32. The van der Waals surface area contributed by atoms with E-state index in [1.165, 1.54) is 0 Å². The first-order chi connectivity index (χ1) is 8.84. The molecule has 5 heteroatoms. The van der Waals surface area contributed by atoms with E-state index < -0.39 is 10.0 Å². The van der Waals surface area contributed by atoms with Crippen molar-refractivity contribution in [2.75, 3.05) is 6.54 Å². The lowest BCUT2D eigenvalue weighted by Gasteiger charge is -2.32. The van der Waals surface area contributed by atoms with Gasteiger partial charge in [-0.1, -0.05) is 28.4 Å². The van der Waals surface area contributed by atoms with Gasteiger partial charge in [-0.25, -0.2) is 8.42 Å². The van der Waals surface area contributed by atoms with Gasteiger partial charge in [-0.15, -0.1) is 0 Å². The molecule has 2 rings (SSSR count). The molecule has 0 radical (unpaired) electrons. The standard InChI is InChI=1S/C14H20BrNO2S/c1-10-8-11(2)14(9-13(10)15)19(17,18)16-7-5-4-6-12(16)3/h8-9,12H,4-7H2,1-3H3/t12-/m0/s1. The maximum absolute atomic E-state index is 12.8. The Morgan fingerprint density at radius 3 is 2.53 bits per heavy atom. The summed E-state index contributed by atoms with van der Waals surface area (Å²) in [6.45, 7) is 6.46. The first kappa shape index (κ1) is 15.0. The fourth-order valence-electron chi connectivity index (χ4n) is 2.64. The van der Waals surface area contributed by atoms with Crippen LogP contribution in [0.2, 0.25) is 0 Å². The maximum Gasteiger partial charge on any atom is 0.243 e. The Balaban J connectivity index is 2.47. The van der Waals surface area contributed by atoms with Crippen LogP contribution in [-0.4, -0.2) is 25.3 Å². The molecule has 1 heterocycles. The van der Waals surface area contributed by atoms with E-state index >= 15 is 0 Å². The van der Waals surface area contributed by atoms with E-state index in [0.29, 0.717) is 11.4 Å². The zero-order valence-electron chi connectivity index (χ0n) is 11.6. The summed E-state index contributed by atoms with van der Waals surface area (Å²) in [6.07, 6.45) is 3.02. The lowest BCUT2D eigenvalue weighted by atomic mass is 10.1. The highest BCUT2D eigenvalue weighted by Crippen LogP contribution is 2.30. The smallest absolute Gasteiger partial charge is 0.207 e. The van der Waals surface area contributed by atoms with Crippen LogP contribution >= 0.6 is 15.9 Å². The predicted octanol–water partition coefficient (Wildman–Crippen LogP) is 3.63. The molecule has 0 N–H and O–H groups in total. The molecule has 19 heavy (non-hydrogen) atoms. The van der Waals surface area contributed by atoms with Crippen LogP contribution in [0.1, 0.15) is 37.3 Å². The molecule has 106 valence electrons. The van der Waals surface area contributed by atoms with Crippen molar-refractivity contribution in [3.63, 3.8) is 0 Å². The van der Waals surface area contributed by atoms with Gasteiger partial charge in [0, 0.05) is 17.1 Å². The summed E-state index contributed by atoms with van der Waals surface area (Å²) < 4.78 is 28.1. The Morgan fingerprint density at radius 1 is 1.21 bits per heavy atom. The summed E-state index contributed by atoms with van der Waals surface area (Å²) in [5, 5.41) is 0. The third-order valence-electron chi connectivity index (χ3n) is 3.78. The van der Waals surface area contributed by atoms with Crippen molar-refractivity contribution >= 4 is 26.0 Å². The number of benzene rings is 1. The molecule has 1 aliphatic heterocycles. The zero-order valence-corrected chi connectivity index (χ0v) is 14.0. The number of hydrogen-bond acceptors (Lipinski definition) is 2. The van der Waals surface area contributed by atoms with E-state index in [-0.39, 0.29) is 6.04 Å². The van der Waals surface area contributed by atoms with Crippen LogP contribution in [0.25, 0.3) is 0 Å². The highest BCUT2D eigenvalue weighted by atomic mass is 79.9. The Kier molecular flexibility index (Phi) is 4.38. The van der Waals surface area contributed by atoms with Crippen LogP contribution in [0.15, 0.2) is 21.5 Å². The molecule has 1 fully saturated rings. The largest absolute Gasteiger partial charge is 0.243 e. The molecule has 0 spiro atoms. The molecule has 0 aromatic heterocycles. The van der Waals surface area contributed by atoms with Crippen molar-refractivity contribution in [1.82, 2.24) is 4.31 Å². The van der Waals surface area contributed by atoms with Gasteiger partial charge in [0.1, 0.15) is 0 Å². The fraction of sp³-hybridized carbons (Fsp3) is 0.571. The molecule has 1 atom stereocenters. The zero-order chi connectivity index (χ0) is 14.2. The maximum atomic E-state index is 12.8. The average Bonchev–Trinajstić information content (AvgIpc) is 2.34. The molecular weight excluding hydrogens is 326 g/mol. The SMILES string of the molecule is Cc1cc(C)c(S(=O)(=O)N2CCCC[C@@H]2C)cc1Br. The van der Waals surface area contributed by atoms with Crippen LogP contribution in [0, 0.1) is 13.8 Å². The van der Waals surface area contributed by atoms with Crippen LogP contribution in [-0.2, 0) is 10.0 Å².